The Kier molecular flexibility index (Phi) is 10.8. The second-order valence-electron chi connectivity index (χ2n) is 10.1. The fourth-order valence-electron chi connectivity index (χ4n) is 4.43. The van der Waals surface area contributed by atoms with Crippen molar-refractivity contribution in [3.05, 3.63) is 116 Å². The van der Waals surface area contributed by atoms with Crippen LogP contribution in [-0.2, 0) is 17.8 Å². The van der Waals surface area contributed by atoms with Crippen LogP contribution in [0.2, 0.25) is 10.2 Å². The van der Waals surface area contributed by atoms with Gasteiger partial charge in [-0.05, 0) is 42.7 Å². The van der Waals surface area contributed by atoms with E-state index in [1.807, 2.05) is 30.3 Å². The fraction of sp³-hybridized carbons (Fsp3) is 0.161. The van der Waals surface area contributed by atoms with Gasteiger partial charge in [0.15, 0.2) is 0 Å². The highest BCUT2D eigenvalue weighted by Crippen LogP contribution is 2.32. The number of aliphatic carboxylic acids is 1. The molecule has 3 aromatic carbocycles. The first-order valence-electron chi connectivity index (χ1n) is 13.6. The molecule has 2 heterocycles. The SMILES string of the molecule is Cc1ccc(Cl)c(CNC(=O)N[C@@H](Cc2ccccc2)c2nc(-c3ccc4[nH]c(=O)cc(O)c4c3)c(Cl)[nH]2)c1F.O=C(O)C(F)(F)F. The van der Waals surface area contributed by atoms with Gasteiger partial charge in [-0.15, -0.1) is 0 Å². The average Bonchev–Trinajstić information content (AvgIpc) is 3.40. The highest BCUT2D eigenvalue weighted by Gasteiger charge is 2.38. The van der Waals surface area contributed by atoms with E-state index in [-0.39, 0.29) is 28.0 Å². The summed E-state index contributed by atoms with van der Waals surface area (Å²) in [6.07, 6.45) is -4.70. The maximum absolute atomic E-state index is 14.6. The number of aryl methyl sites for hydroxylation is 1. The summed E-state index contributed by atoms with van der Waals surface area (Å²) in [5.74, 6) is -3.00. The van der Waals surface area contributed by atoms with Crippen LogP contribution in [0.5, 0.6) is 5.75 Å². The van der Waals surface area contributed by atoms with Crippen molar-refractivity contribution < 1.29 is 37.4 Å². The lowest BCUT2D eigenvalue weighted by Crippen LogP contribution is -2.39. The van der Waals surface area contributed by atoms with Crippen molar-refractivity contribution in [1.29, 1.82) is 0 Å². The molecule has 0 bridgehead atoms. The van der Waals surface area contributed by atoms with E-state index in [2.05, 4.69) is 25.6 Å². The first-order valence-corrected chi connectivity index (χ1v) is 14.3. The van der Waals surface area contributed by atoms with E-state index < -0.39 is 35.6 Å². The molecular formula is C31H25Cl2F4N5O5. The van der Waals surface area contributed by atoms with E-state index in [0.717, 1.165) is 11.6 Å². The van der Waals surface area contributed by atoms with Crippen LogP contribution in [0.3, 0.4) is 0 Å². The van der Waals surface area contributed by atoms with Gasteiger partial charge in [-0.3, -0.25) is 4.79 Å². The molecule has 0 saturated carbocycles. The molecule has 10 nitrogen and oxygen atoms in total. The lowest BCUT2D eigenvalue weighted by molar-refractivity contribution is -0.192. The van der Waals surface area contributed by atoms with Gasteiger partial charge in [0.25, 0.3) is 5.56 Å². The van der Waals surface area contributed by atoms with Gasteiger partial charge in [0.1, 0.15) is 28.2 Å². The number of aromatic hydroxyl groups is 1. The number of urea groups is 1. The highest BCUT2D eigenvalue weighted by molar-refractivity contribution is 6.32. The summed E-state index contributed by atoms with van der Waals surface area (Å²) in [7, 11) is 0. The molecule has 5 rings (SSSR count). The number of fused-ring (bicyclic) bond motifs is 1. The number of pyridine rings is 1. The number of hydrogen-bond acceptors (Lipinski definition) is 5. The first kappa shape index (κ1) is 34.8. The highest BCUT2D eigenvalue weighted by atomic mass is 35.5. The van der Waals surface area contributed by atoms with Crippen molar-refractivity contribution in [2.45, 2.75) is 32.1 Å². The second-order valence-corrected chi connectivity index (χ2v) is 10.9. The van der Waals surface area contributed by atoms with Crippen molar-refractivity contribution >= 4 is 46.1 Å². The number of hydrogen-bond donors (Lipinski definition) is 6. The van der Waals surface area contributed by atoms with Crippen LogP contribution in [0.15, 0.2) is 71.5 Å². The summed E-state index contributed by atoms with van der Waals surface area (Å²) in [4.78, 5) is 43.9. The van der Waals surface area contributed by atoms with Gasteiger partial charge in [0, 0.05) is 34.1 Å². The van der Waals surface area contributed by atoms with Gasteiger partial charge in [0.05, 0.1) is 11.6 Å². The molecule has 0 aliphatic carbocycles. The predicted octanol–water partition coefficient (Wildman–Crippen LogP) is 6.79. The molecule has 16 heteroatoms. The number of carboxylic acid groups (broad SMARTS) is 1. The molecule has 246 valence electrons. The van der Waals surface area contributed by atoms with Crippen molar-refractivity contribution in [1.82, 2.24) is 25.6 Å². The monoisotopic (exact) mass is 693 g/mol. The van der Waals surface area contributed by atoms with E-state index in [0.29, 0.717) is 40.0 Å². The summed E-state index contributed by atoms with van der Waals surface area (Å²) < 4.78 is 46.3. The number of H-pyrrole nitrogens is 2. The van der Waals surface area contributed by atoms with E-state index in [1.54, 1.807) is 37.3 Å². The van der Waals surface area contributed by atoms with Crippen LogP contribution < -0.4 is 16.2 Å². The molecule has 5 aromatic rings. The number of rotatable bonds is 7. The third kappa shape index (κ3) is 8.80. The molecule has 0 fully saturated rings. The second kappa shape index (κ2) is 14.6. The Balaban J connectivity index is 0.000000644. The van der Waals surface area contributed by atoms with Crippen LogP contribution >= 0.6 is 23.2 Å². The van der Waals surface area contributed by atoms with Crippen molar-refractivity contribution in [3.63, 3.8) is 0 Å². The third-order valence-corrected chi connectivity index (χ3v) is 7.37. The third-order valence-electron chi connectivity index (χ3n) is 6.74. The zero-order chi connectivity index (χ0) is 34.5. The molecule has 47 heavy (non-hydrogen) atoms. The standard InChI is InChI=1S/C29H24Cl2FN5O3.C2HF3O2/c1-15-7-9-20(30)19(25(15)32)14-33-29(40)35-22(11-16-5-3-2-4-6-16)28-36-26(27(31)37-28)17-8-10-21-18(12-17)23(38)13-24(39)34-21;3-2(4,5)1(6)7/h2-10,12-13,22H,11,14H2,1H3,(H,36,37)(H2,33,35,40)(H2,34,38,39);(H,6,7)/t22-;/m0./s1. The van der Waals surface area contributed by atoms with Gasteiger partial charge in [-0.2, -0.15) is 13.2 Å². The van der Waals surface area contributed by atoms with E-state index >= 15 is 0 Å². The molecule has 2 aromatic heterocycles. The molecule has 2 amide bonds. The van der Waals surface area contributed by atoms with Crippen molar-refractivity contribution in [2.24, 2.45) is 0 Å². The Morgan fingerprint density at radius 2 is 1.70 bits per heavy atom. The molecular weight excluding hydrogens is 669 g/mol. The number of nitrogens with zero attached hydrogens (tertiary/aromatic N) is 1. The Labute approximate surface area is 273 Å². The van der Waals surface area contributed by atoms with Crippen molar-refractivity contribution in [2.75, 3.05) is 0 Å². The van der Waals surface area contributed by atoms with E-state index in [4.69, 9.17) is 33.1 Å². The lowest BCUT2D eigenvalue weighted by Gasteiger charge is -2.18. The van der Waals surface area contributed by atoms with Crippen molar-refractivity contribution in [3.8, 4) is 17.0 Å². The number of carbonyl (C=O) groups excluding carboxylic acids is 1. The zero-order valence-electron chi connectivity index (χ0n) is 24.2. The number of carbonyl (C=O) groups is 2. The summed E-state index contributed by atoms with van der Waals surface area (Å²) in [5.41, 5.74) is 2.60. The van der Waals surface area contributed by atoms with Gasteiger partial charge >= 0.3 is 18.2 Å². The Morgan fingerprint density at radius 3 is 2.36 bits per heavy atom. The maximum Gasteiger partial charge on any atom is 0.490 e. The summed E-state index contributed by atoms with van der Waals surface area (Å²) in [6, 6.07) is 17.6. The quantitative estimate of drug-likeness (QED) is 0.103. The van der Waals surface area contributed by atoms with Gasteiger partial charge in [-0.25, -0.2) is 19.0 Å². The fourth-order valence-corrected chi connectivity index (χ4v) is 4.89. The van der Waals surface area contributed by atoms with Crippen LogP contribution in [0, 0.1) is 12.7 Å². The minimum atomic E-state index is -5.08. The summed E-state index contributed by atoms with van der Waals surface area (Å²) >= 11 is 12.7. The Morgan fingerprint density at radius 1 is 1.02 bits per heavy atom. The molecule has 6 N–H and O–H groups in total. The largest absolute Gasteiger partial charge is 0.507 e. The van der Waals surface area contributed by atoms with Crippen LogP contribution in [0.1, 0.15) is 28.6 Å². The molecule has 0 aliphatic rings. The number of benzene rings is 3. The number of imidazole rings is 1. The topological polar surface area (TPSA) is 160 Å². The molecule has 0 unspecified atom stereocenters. The average molecular weight is 694 g/mol. The van der Waals surface area contributed by atoms with E-state index in [1.165, 1.54) is 0 Å². The normalized spacial score (nSPS) is 11.8. The Bertz CT molecular complexity index is 1980. The summed E-state index contributed by atoms with van der Waals surface area (Å²) in [5, 5.41) is 23.8. The number of carboxylic acids is 1. The maximum atomic E-state index is 14.6. The molecule has 0 aliphatic heterocycles. The number of alkyl halides is 3. The van der Waals surface area contributed by atoms with Crippen LogP contribution in [0.4, 0.5) is 22.4 Å². The Hall–Kier alpha value is -5.08. The van der Waals surface area contributed by atoms with Gasteiger partial charge < -0.3 is 30.8 Å². The number of halogens is 6. The predicted molar refractivity (Wildman–Crippen MR) is 167 cm³/mol. The smallest absolute Gasteiger partial charge is 0.490 e. The molecule has 0 spiro atoms. The molecule has 1 atom stereocenters. The van der Waals surface area contributed by atoms with Gasteiger partial charge in [0.2, 0.25) is 0 Å². The number of nitrogens with one attached hydrogen (secondary N) is 4. The number of aromatic amines is 2. The lowest BCUT2D eigenvalue weighted by atomic mass is 10.1. The molecule has 0 radical (unpaired) electrons. The minimum absolute atomic E-state index is 0.108. The first-order chi connectivity index (χ1) is 22.1. The van der Waals surface area contributed by atoms with Crippen LogP contribution in [-0.4, -0.2) is 43.3 Å². The summed E-state index contributed by atoms with van der Waals surface area (Å²) in [6.45, 7) is 1.52. The van der Waals surface area contributed by atoms with E-state index in [9.17, 15) is 32.3 Å². The zero-order valence-corrected chi connectivity index (χ0v) is 25.7. The molecule has 0 saturated heterocycles. The minimum Gasteiger partial charge on any atom is -0.507 e. The number of amides is 2. The van der Waals surface area contributed by atoms with Crippen LogP contribution in [0.25, 0.3) is 22.2 Å². The number of aromatic nitrogens is 3. The van der Waals surface area contributed by atoms with Gasteiger partial charge in [-0.1, -0.05) is 65.7 Å².